The van der Waals surface area contributed by atoms with Gasteiger partial charge in [-0.25, -0.2) is 0 Å². The number of nitrogens with zero attached hydrogens (tertiary/aromatic N) is 1. The van der Waals surface area contributed by atoms with Crippen molar-refractivity contribution in [2.75, 3.05) is 26.2 Å². The maximum Gasteiger partial charge on any atom is 0.225 e. The van der Waals surface area contributed by atoms with Crippen LogP contribution in [0.1, 0.15) is 18.9 Å². The van der Waals surface area contributed by atoms with Gasteiger partial charge < -0.3 is 15.0 Å². The first-order valence-electron chi connectivity index (χ1n) is 6.89. The van der Waals surface area contributed by atoms with Crippen molar-refractivity contribution in [2.24, 2.45) is 0 Å². The van der Waals surface area contributed by atoms with E-state index in [1.54, 1.807) is 0 Å². The zero-order valence-corrected chi connectivity index (χ0v) is 12.7. The molecule has 112 valence electrons. The van der Waals surface area contributed by atoms with Crippen molar-refractivity contribution in [3.8, 4) is 0 Å². The van der Waals surface area contributed by atoms with Crippen molar-refractivity contribution in [3.63, 3.8) is 0 Å². The third-order valence-corrected chi connectivity index (χ3v) is 3.39. The van der Waals surface area contributed by atoms with Crippen LogP contribution in [0.15, 0.2) is 30.3 Å². The first kappa shape index (κ1) is 17.0. The van der Waals surface area contributed by atoms with Gasteiger partial charge in [-0.3, -0.25) is 4.79 Å². The molecule has 5 heteroatoms. The van der Waals surface area contributed by atoms with Gasteiger partial charge in [-0.2, -0.15) is 0 Å². The minimum Gasteiger partial charge on any atom is -0.376 e. The van der Waals surface area contributed by atoms with Crippen LogP contribution in [0, 0.1) is 0 Å². The molecule has 0 aromatic heterocycles. The fraction of sp³-hybridized carbons (Fsp3) is 0.533. The number of halogens is 1. The molecule has 1 unspecified atom stereocenters. The quantitative estimate of drug-likeness (QED) is 0.843. The Labute approximate surface area is 126 Å². The molecule has 4 nitrogen and oxygen atoms in total. The molecule has 1 aromatic carbocycles. The predicted octanol–water partition coefficient (Wildman–Crippen LogP) is 1.84. The Bertz CT molecular complexity index is 400. The van der Waals surface area contributed by atoms with Gasteiger partial charge in [0.05, 0.1) is 19.6 Å². The van der Waals surface area contributed by atoms with E-state index in [0.29, 0.717) is 19.6 Å². The van der Waals surface area contributed by atoms with Crippen LogP contribution in [-0.4, -0.2) is 43.1 Å². The van der Waals surface area contributed by atoms with E-state index in [2.05, 4.69) is 12.2 Å². The molecule has 1 aliphatic rings. The summed E-state index contributed by atoms with van der Waals surface area (Å²) in [7, 11) is 0. The molecule has 1 heterocycles. The zero-order chi connectivity index (χ0) is 13.5. The first-order valence-corrected chi connectivity index (χ1v) is 6.89. The van der Waals surface area contributed by atoms with Crippen molar-refractivity contribution < 1.29 is 9.53 Å². The van der Waals surface area contributed by atoms with Crippen molar-refractivity contribution in [1.82, 2.24) is 10.2 Å². The lowest BCUT2D eigenvalue weighted by molar-refractivity contribution is -0.135. The molecule has 20 heavy (non-hydrogen) atoms. The zero-order valence-electron chi connectivity index (χ0n) is 11.9. The summed E-state index contributed by atoms with van der Waals surface area (Å²) >= 11 is 0. The van der Waals surface area contributed by atoms with Crippen LogP contribution in [0.5, 0.6) is 0 Å². The van der Waals surface area contributed by atoms with Gasteiger partial charge >= 0.3 is 0 Å². The summed E-state index contributed by atoms with van der Waals surface area (Å²) in [4.78, 5) is 14.0. The summed E-state index contributed by atoms with van der Waals surface area (Å²) in [6.45, 7) is 5.72. The Morgan fingerprint density at radius 1 is 1.40 bits per heavy atom. The van der Waals surface area contributed by atoms with Gasteiger partial charge in [0.1, 0.15) is 0 Å². The number of benzene rings is 1. The SMILES string of the molecule is CC1CNCCN1C(=O)CCOCc1ccccc1.Cl. The normalized spacial score (nSPS) is 18.4. The number of hydrogen-bond acceptors (Lipinski definition) is 3. The van der Waals surface area contributed by atoms with Gasteiger partial charge in [0, 0.05) is 25.7 Å². The van der Waals surface area contributed by atoms with Gasteiger partial charge in [0.15, 0.2) is 0 Å². The molecule has 1 aliphatic heterocycles. The van der Waals surface area contributed by atoms with Crippen molar-refractivity contribution in [2.45, 2.75) is 26.0 Å². The van der Waals surface area contributed by atoms with Gasteiger partial charge in [0.2, 0.25) is 5.91 Å². The summed E-state index contributed by atoms with van der Waals surface area (Å²) in [6.07, 6.45) is 0.469. The third-order valence-electron chi connectivity index (χ3n) is 3.39. The molecule has 0 aliphatic carbocycles. The summed E-state index contributed by atoms with van der Waals surface area (Å²) in [6, 6.07) is 10.3. The molecule has 1 N–H and O–H groups in total. The van der Waals surface area contributed by atoms with Gasteiger partial charge in [-0.1, -0.05) is 30.3 Å². The lowest BCUT2D eigenvalue weighted by Crippen LogP contribution is -2.52. The Morgan fingerprint density at radius 3 is 2.85 bits per heavy atom. The second kappa shape index (κ2) is 8.95. The van der Waals surface area contributed by atoms with E-state index in [1.165, 1.54) is 0 Å². The van der Waals surface area contributed by atoms with Crippen molar-refractivity contribution in [1.29, 1.82) is 0 Å². The number of hydrogen-bond donors (Lipinski definition) is 1. The average molecular weight is 299 g/mol. The summed E-state index contributed by atoms with van der Waals surface area (Å²) < 4.78 is 5.55. The predicted molar refractivity (Wildman–Crippen MR) is 82.0 cm³/mol. The summed E-state index contributed by atoms with van der Waals surface area (Å²) in [5, 5.41) is 3.28. The topological polar surface area (TPSA) is 41.6 Å². The highest BCUT2D eigenvalue weighted by Gasteiger charge is 2.22. The van der Waals surface area contributed by atoms with E-state index in [4.69, 9.17) is 4.74 Å². The van der Waals surface area contributed by atoms with Gasteiger partial charge in [0.25, 0.3) is 0 Å². The summed E-state index contributed by atoms with van der Waals surface area (Å²) in [5.74, 6) is 0.196. The van der Waals surface area contributed by atoms with Crippen molar-refractivity contribution in [3.05, 3.63) is 35.9 Å². The molecular weight excluding hydrogens is 276 g/mol. The van der Waals surface area contributed by atoms with Crippen LogP contribution >= 0.6 is 12.4 Å². The number of ether oxygens (including phenoxy) is 1. The second-order valence-corrected chi connectivity index (χ2v) is 4.93. The van der Waals surface area contributed by atoms with Crippen LogP contribution in [0.4, 0.5) is 0 Å². The minimum absolute atomic E-state index is 0. The molecule has 0 radical (unpaired) electrons. The van der Waals surface area contributed by atoms with Gasteiger partial charge in [-0.05, 0) is 12.5 Å². The van der Waals surface area contributed by atoms with Crippen LogP contribution in [0.2, 0.25) is 0 Å². The van der Waals surface area contributed by atoms with Crippen LogP contribution in [-0.2, 0) is 16.1 Å². The lowest BCUT2D eigenvalue weighted by atomic mass is 10.2. The second-order valence-electron chi connectivity index (χ2n) is 4.93. The largest absolute Gasteiger partial charge is 0.376 e. The van der Waals surface area contributed by atoms with Crippen LogP contribution < -0.4 is 5.32 Å². The van der Waals surface area contributed by atoms with E-state index >= 15 is 0 Å². The molecule has 1 fully saturated rings. The lowest BCUT2D eigenvalue weighted by Gasteiger charge is -2.34. The molecule has 1 aromatic rings. The smallest absolute Gasteiger partial charge is 0.225 e. The standard InChI is InChI=1S/C15H22N2O2.ClH/c1-13-11-16-8-9-17(13)15(18)7-10-19-12-14-5-3-2-4-6-14;/h2-6,13,16H,7-12H2,1H3;1H. The molecule has 0 spiro atoms. The highest BCUT2D eigenvalue weighted by molar-refractivity contribution is 5.85. The molecule has 0 saturated carbocycles. The maximum atomic E-state index is 12.0. The number of amides is 1. The third kappa shape index (κ3) is 5.12. The minimum atomic E-state index is 0. The Morgan fingerprint density at radius 2 is 2.15 bits per heavy atom. The fourth-order valence-electron chi connectivity index (χ4n) is 2.28. The fourth-order valence-corrected chi connectivity index (χ4v) is 2.28. The van der Waals surface area contributed by atoms with E-state index in [9.17, 15) is 4.79 Å². The van der Waals surface area contributed by atoms with Crippen LogP contribution in [0.25, 0.3) is 0 Å². The number of nitrogens with one attached hydrogen (secondary N) is 1. The number of carbonyl (C=O) groups excluding carboxylic acids is 1. The Balaban J connectivity index is 0.00000200. The number of rotatable bonds is 5. The van der Waals surface area contributed by atoms with E-state index < -0.39 is 0 Å². The average Bonchev–Trinajstić information content (AvgIpc) is 2.45. The highest BCUT2D eigenvalue weighted by Crippen LogP contribution is 2.06. The van der Waals surface area contributed by atoms with Crippen LogP contribution in [0.3, 0.4) is 0 Å². The molecule has 1 saturated heterocycles. The highest BCUT2D eigenvalue weighted by atomic mass is 35.5. The van der Waals surface area contributed by atoms with Gasteiger partial charge in [-0.15, -0.1) is 12.4 Å². The number of piperazine rings is 1. The molecular formula is C15H23ClN2O2. The molecule has 1 amide bonds. The molecule has 0 bridgehead atoms. The first-order chi connectivity index (χ1) is 9.27. The maximum absolute atomic E-state index is 12.0. The summed E-state index contributed by atoms with van der Waals surface area (Å²) in [5.41, 5.74) is 1.14. The van der Waals surface area contributed by atoms with Crippen molar-refractivity contribution >= 4 is 18.3 Å². The van der Waals surface area contributed by atoms with E-state index in [1.807, 2.05) is 35.2 Å². The monoisotopic (exact) mass is 298 g/mol. The molecule has 1 atom stereocenters. The Kier molecular flexibility index (Phi) is 7.59. The molecule has 2 rings (SSSR count). The van der Waals surface area contributed by atoms with E-state index in [-0.39, 0.29) is 24.4 Å². The number of carbonyl (C=O) groups is 1. The Hall–Kier alpha value is -1.10. The van der Waals surface area contributed by atoms with E-state index in [0.717, 1.165) is 25.2 Å².